The molecule has 0 amide bonds. The molecule has 0 unspecified atom stereocenters. The van der Waals surface area contributed by atoms with Crippen molar-refractivity contribution in [2.75, 3.05) is 13.0 Å². The average molecular weight is 110 g/mol. The van der Waals surface area contributed by atoms with Gasteiger partial charge >= 0.3 is 0 Å². The van der Waals surface area contributed by atoms with Crippen LogP contribution in [-0.2, 0) is 0 Å². The molecule has 0 aromatic rings. The zero-order valence-electron chi connectivity index (χ0n) is 5.32. The van der Waals surface area contributed by atoms with Gasteiger partial charge in [0.05, 0.1) is 0 Å². The third-order valence-electron chi connectivity index (χ3n) is 1.55. The van der Waals surface area contributed by atoms with Gasteiger partial charge in [-0.15, -0.1) is 0 Å². The van der Waals surface area contributed by atoms with E-state index in [9.17, 15) is 0 Å². The minimum atomic E-state index is 1.12. The largest absolute Gasteiger partial charge is 0.325 e. The van der Waals surface area contributed by atoms with Gasteiger partial charge in [0.15, 0.2) is 0 Å². The van der Waals surface area contributed by atoms with Crippen LogP contribution in [0.5, 0.6) is 0 Å². The maximum Gasteiger partial charge on any atom is 0.128 e. The molecule has 0 atom stereocenters. The Labute approximate surface area is 52.1 Å². The van der Waals surface area contributed by atoms with Gasteiger partial charge in [-0.3, -0.25) is 0 Å². The van der Waals surface area contributed by atoms with E-state index in [1.807, 2.05) is 0 Å². The second-order valence-corrected chi connectivity index (χ2v) is 2.34. The van der Waals surface area contributed by atoms with Crippen LogP contribution in [0.3, 0.4) is 0 Å². The number of nitrogens with one attached hydrogen (secondary N) is 1. The maximum absolute atomic E-state index is 3.33. The first kappa shape index (κ1) is 6.15. The van der Waals surface area contributed by atoms with Gasteiger partial charge in [-0.1, -0.05) is 19.2 Å². The fraction of sp³-hybridized carbons (Fsp3) is 1.00. The lowest BCUT2D eigenvalue weighted by Gasteiger charge is -2.07. The van der Waals surface area contributed by atoms with Crippen LogP contribution in [0.4, 0.5) is 0 Å². The average Bonchev–Trinajstić information content (AvgIpc) is 1.62. The molecule has 0 aromatic carbocycles. The fourth-order valence-corrected chi connectivity index (χ4v) is 1.02. The third-order valence-corrected chi connectivity index (χ3v) is 1.55. The lowest BCUT2D eigenvalue weighted by molar-refractivity contribution is 0.639. The summed E-state index contributed by atoms with van der Waals surface area (Å²) >= 11 is 0. The van der Waals surface area contributed by atoms with Gasteiger partial charge in [0.1, 0.15) is 7.28 Å². The van der Waals surface area contributed by atoms with Crippen molar-refractivity contribution in [2.24, 2.45) is 0 Å². The summed E-state index contributed by atoms with van der Waals surface area (Å²) in [4.78, 5) is 0. The normalized spacial score (nSPS) is 23.0. The minimum Gasteiger partial charge on any atom is -0.325 e. The smallest absolute Gasteiger partial charge is 0.128 e. The van der Waals surface area contributed by atoms with Gasteiger partial charge in [-0.25, -0.2) is 0 Å². The molecule has 1 aliphatic rings. The summed E-state index contributed by atoms with van der Waals surface area (Å²) in [5.41, 5.74) is 0. The van der Waals surface area contributed by atoms with Crippen molar-refractivity contribution in [3.8, 4) is 0 Å². The van der Waals surface area contributed by atoms with Gasteiger partial charge < -0.3 is 5.32 Å². The van der Waals surface area contributed by atoms with Crippen LogP contribution in [0.15, 0.2) is 0 Å². The number of hydrogen-bond donors (Lipinski definition) is 1. The molecule has 2 heteroatoms. The number of rotatable bonds is 0. The molecule has 1 N–H and O–H groups in total. The Hall–Kier alpha value is 0.0249. The molecule has 8 heavy (non-hydrogen) atoms. The van der Waals surface area contributed by atoms with E-state index in [0.717, 1.165) is 6.44 Å². The predicted octanol–water partition coefficient (Wildman–Crippen LogP) is 0.840. The Morgan fingerprint density at radius 3 is 3.12 bits per heavy atom. The molecular formula is C6H13BN. The Bertz CT molecular complexity index is 32.5. The topological polar surface area (TPSA) is 12.0 Å². The summed E-state index contributed by atoms with van der Waals surface area (Å²) in [5.74, 6) is 0. The van der Waals surface area contributed by atoms with Crippen LogP contribution in [0.2, 0.25) is 6.32 Å². The van der Waals surface area contributed by atoms with E-state index in [4.69, 9.17) is 0 Å². The predicted molar refractivity (Wildman–Crippen MR) is 37.3 cm³/mol. The SMILES string of the molecule is [B]1CCCCCNC1. The second kappa shape index (κ2) is 3.96. The van der Waals surface area contributed by atoms with Crippen molar-refractivity contribution in [3.63, 3.8) is 0 Å². The van der Waals surface area contributed by atoms with Gasteiger partial charge in [0.25, 0.3) is 0 Å². The van der Waals surface area contributed by atoms with Crippen LogP contribution in [0.25, 0.3) is 0 Å². The lowest BCUT2D eigenvalue weighted by atomic mass is 9.72. The zero-order chi connectivity index (χ0) is 5.66. The molecule has 0 spiro atoms. The van der Waals surface area contributed by atoms with Crippen molar-refractivity contribution in [1.82, 2.24) is 5.32 Å². The first-order valence-electron chi connectivity index (χ1n) is 3.52. The van der Waals surface area contributed by atoms with E-state index < -0.39 is 0 Å². The van der Waals surface area contributed by atoms with Crippen molar-refractivity contribution in [1.29, 1.82) is 0 Å². The van der Waals surface area contributed by atoms with E-state index >= 15 is 0 Å². The Morgan fingerprint density at radius 1 is 1.12 bits per heavy atom. The van der Waals surface area contributed by atoms with Crippen LogP contribution in [-0.4, -0.2) is 20.3 Å². The van der Waals surface area contributed by atoms with Crippen molar-refractivity contribution in [2.45, 2.75) is 25.6 Å². The van der Waals surface area contributed by atoms with E-state index in [1.165, 1.54) is 32.1 Å². The molecule has 1 fully saturated rings. The molecule has 45 valence electrons. The molecule has 1 rings (SSSR count). The Kier molecular flexibility index (Phi) is 3.04. The minimum absolute atomic E-state index is 1.12. The zero-order valence-corrected chi connectivity index (χ0v) is 5.32. The van der Waals surface area contributed by atoms with E-state index in [1.54, 1.807) is 0 Å². The molecule has 0 aliphatic carbocycles. The Morgan fingerprint density at radius 2 is 2.12 bits per heavy atom. The summed E-state index contributed by atoms with van der Waals surface area (Å²) in [7, 11) is 2.33. The molecule has 0 bridgehead atoms. The van der Waals surface area contributed by atoms with E-state index in [2.05, 4.69) is 12.6 Å². The van der Waals surface area contributed by atoms with Crippen LogP contribution in [0, 0.1) is 0 Å². The first-order chi connectivity index (χ1) is 4.00. The van der Waals surface area contributed by atoms with Gasteiger partial charge in [0.2, 0.25) is 0 Å². The summed E-state index contributed by atoms with van der Waals surface area (Å²) in [5, 5.41) is 3.33. The Balaban J connectivity index is 2.00. The van der Waals surface area contributed by atoms with Crippen molar-refractivity contribution >= 4 is 7.28 Å². The van der Waals surface area contributed by atoms with Gasteiger partial charge in [-0.2, -0.15) is 0 Å². The highest BCUT2D eigenvalue weighted by molar-refractivity contribution is 6.35. The standard InChI is InChI=1S/C6H13BN/c1-2-4-7-6-8-5-3-1/h8H,1-6H2. The molecule has 1 heterocycles. The summed E-state index contributed by atoms with van der Waals surface area (Å²) < 4.78 is 0. The van der Waals surface area contributed by atoms with Crippen LogP contribution >= 0.6 is 0 Å². The van der Waals surface area contributed by atoms with Crippen LogP contribution in [0.1, 0.15) is 19.3 Å². The quantitative estimate of drug-likeness (QED) is 0.455. The molecule has 1 saturated heterocycles. The maximum atomic E-state index is 3.33. The third kappa shape index (κ3) is 2.36. The molecule has 1 nitrogen and oxygen atoms in total. The van der Waals surface area contributed by atoms with E-state index in [-0.39, 0.29) is 0 Å². The van der Waals surface area contributed by atoms with E-state index in [0.29, 0.717) is 0 Å². The molecular weight excluding hydrogens is 96.9 g/mol. The summed E-state index contributed by atoms with van der Waals surface area (Å²) in [6, 6.07) is 0. The second-order valence-electron chi connectivity index (χ2n) is 2.34. The summed E-state index contributed by atoms with van der Waals surface area (Å²) in [6.45, 7) is 1.22. The highest BCUT2D eigenvalue weighted by Gasteiger charge is 1.95. The number of hydrogen-bond acceptors (Lipinski definition) is 1. The van der Waals surface area contributed by atoms with Crippen LogP contribution < -0.4 is 5.32 Å². The van der Waals surface area contributed by atoms with Gasteiger partial charge in [0, 0.05) is 0 Å². The van der Waals surface area contributed by atoms with Crippen molar-refractivity contribution in [3.05, 3.63) is 0 Å². The first-order valence-corrected chi connectivity index (χ1v) is 3.52. The van der Waals surface area contributed by atoms with Gasteiger partial charge in [-0.05, 0) is 19.4 Å². The summed E-state index contributed by atoms with van der Waals surface area (Å²) in [6.07, 6.45) is 6.62. The highest BCUT2D eigenvalue weighted by Crippen LogP contribution is 2.00. The molecule has 0 saturated carbocycles. The molecule has 1 radical (unpaired) electrons. The highest BCUT2D eigenvalue weighted by atomic mass is 14.8. The lowest BCUT2D eigenvalue weighted by Crippen LogP contribution is -2.23. The van der Waals surface area contributed by atoms with Crippen molar-refractivity contribution < 1.29 is 0 Å². The fourth-order valence-electron chi connectivity index (χ4n) is 1.02. The monoisotopic (exact) mass is 110 g/mol. The molecule has 1 aliphatic heterocycles. The molecule has 0 aromatic heterocycles.